The lowest BCUT2D eigenvalue weighted by Crippen LogP contribution is -2.54. The minimum Gasteiger partial charge on any atom is -0.384 e. The maximum absolute atomic E-state index is 12.9. The van der Waals surface area contributed by atoms with Crippen molar-refractivity contribution in [2.75, 3.05) is 37.3 Å². The van der Waals surface area contributed by atoms with Crippen LogP contribution in [0.5, 0.6) is 0 Å². The number of hydrogen-bond donors (Lipinski definition) is 2. The Morgan fingerprint density at radius 1 is 1.21 bits per heavy atom. The van der Waals surface area contributed by atoms with Crippen molar-refractivity contribution in [1.82, 2.24) is 19.0 Å². The van der Waals surface area contributed by atoms with E-state index in [4.69, 9.17) is 5.73 Å². The van der Waals surface area contributed by atoms with Gasteiger partial charge in [0.05, 0.1) is 6.20 Å². The summed E-state index contributed by atoms with van der Waals surface area (Å²) >= 11 is 1.01. The molecule has 0 saturated carbocycles. The Kier molecular flexibility index (Phi) is 6.11. The van der Waals surface area contributed by atoms with Gasteiger partial charge in [0.15, 0.2) is 9.34 Å². The van der Waals surface area contributed by atoms with Gasteiger partial charge in [0.1, 0.15) is 16.8 Å². The lowest BCUT2D eigenvalue weighted by molar-refractivity contribution is 0.360. The number of thiazole rings is 1. The van der Waals surface area contributed by atoms with Crippen molar-refractivity contribution in [1.29, 1.82) is 0 Å². The second-order valence-electron chi connectivity index (χ2n) is 6.05. The molecule has 3 heterocycles. The molecular formula is C16H20N6O4S3. The highest BCUT2D eigenvalue weighted by atomic mass is 32.2. The van der Waals surface area contributed by atoms with Gasteiger partial charge in [-0.05, 0) is 26.1 Å². The van der Waals surface area contributed by atoms with Crippen LogP contribution in [0.2, 0.25) is 0 Å². The van der Waals surface area contributed by atoms with E-state index < -0.39 is 26.1 Å². The van der Waals surface area contributed by atoms with E-state index in [2.05, 4.69) is 26.5 Å². The predicted octanol–water partition coefficient (Wildman–Crippen LogP) is -0.0688. The molecule has 0 spiro atoms. The molecule has 1 saturated heterocycles. The molecule has 1 aliphatic heterocycles. The minimum atomic E-state index is -3.76. The fourth-order valence-corrected chi connectivity index (χ4v) is 6.21. The Labute approximate surface area is 173 Å². The van der Waals surface area contributed by atoms with E-state index in [1.807, 2.05) is 4.90 Å². The van der Waals surface area contributed by atoms with Crippen LogP contribution in [0.4, 0.5) is 10.9 Å². The minimum absolute atomic E-state index is 0.0556. The van der Waals surface area contributed by atoms with Crippen molar-refractivity contribution in [3.63, 3.8) is 0 Å². The Hall–Kier alpha value is -2.24. The fraction of sp³-hybridized carbons (Fsp3) is 0.375. The van der Waals surface area contributed by atoms with Crippen LogP contribution in [0.15, 0.2) is 33.6 Å². The highest BCUT2D eigenvalue weighted by molar-refractivity contribution is 7.91. The van der Waals surface area contributed by atoms with Crippen molar-refractivity contribution in [2.24, 2.45) is 0 Å². The average Bonchev–Trinajstić information content (AvgIpc) is 3.19. The number of nitrogens with zero attached hydrogens (tertiary/aromatic N) is 4. The Balaban J connectivity index is 1.87. The van der Waals surface area contributed by atoms with Crippen molar-refractivity contribution in [3.8, 4) is 11.8 Å². The predicted molar refractivity (Wildman–Crippen MR) is 110 cm³/mol. The lowest BCUT2D eigenvalue weighted by Gasteiger charge is -2.38. The average molecular weight is 457 g/mol. The molecule has 0 unspecified atom stereocenters. The van der Waals surface area contributed by atoms with Gasteiger partial charge in [0, 0.05) is 25.8 Å². The molecule has 29 heavy (non-hydrogen) atoms. The molecule has 0 aliphatic carbocycles. The summed E-state index contributed by atoms with van der Waals surface area (Å²) in [6, 6.07) is 2.38. The topological polar surface area (TPSA) is 139 Å². The van der Waals surface area contributed by atoms with Gasteiger partial charge >= 0.3 is 0 Å². The molecule has 0 aromatic carbocycles. The first-order valence-corrected chi connectivity index (χ1v) is 12.2. The van der Waals surface area contributed by atoms with Crippen molar-refractivity contribution < 1.29 is 16.8 Å². The number of anilines is 2. The molecule has 1 aliphatic rings. The third-order valence-corrected chi connectivity index (χ3v) is 9.06. The third-order valence-electron chi connectivity index (χ3n) is 4.30. The highest BCUT2D eigenvalue weighted by Crippen LogP contribution is 2.30. The first kappa shape index (κ1) is 21.5. The zero-order chi connectivity index (χ0) is 21.2. The zero-order valence-electron chi connectivity index (χ0n) is 15.7. The number of nitrogens with two attached hydrogens (primary N) is 1. The number of nitrogens with one attached hydrogen (secondary N) is 1. The second kappa shape index (κ2) is 8.25. The molecule has 3 rings (SSSR count). The summed E-state index contributed by atoms with van der Waals surface area (Å²) in [6.07, 6.45) is 2.51. The van der Waals surface area contributed by atoms with Gasteiger partial charge in [-0.15, -0.1) is 5.92 Å². The number of pyridine rings is 1. The van der Waals surface area contributed by atoms with Crippen LogP contribution in [0, 0.1) is 11.8 Å². The molecular weight excluding hydrogens is 436 g/mol. The molecule has 1 fully saturated rings. The molecule has 2 aromatic heterocycles. The van der Waals surface area contributed by atoms with E-state index in [1.165, 1.54) is 35.9 Å². The van der Waals surface area contributed by atoms with Gasteiger partial charge in [-0.2, -0.15) is 4.31 Å². The smallest absolute Gasteiger partial charge is 0.251 e. The number of hydrogen-bond acceptors (Lipinski definition) is 9. The maximum Gasteiger partial charge on any atom is 0.251 e. The monoisotopic (exact) mass is 456 g/mol. The fourth-order valence-electron chi connectivity index (χ4n) is 2.80. The van der Waals surface area contributed by atoms with Gasteiger partial charge in [-0.25, -0.2) is 31.5 Å². The van der Waals surface area contributed by atoms with E-state index in [0.29, 0.717) is 11.7 Å². The largest absolute Gasteiger partial charge is 0.384 e. The van der Waals surface area contributed by atoms with Crippen LogP contribution in [-0.4, -0.2) is 63.8 Å². The van der Waals surface area contributed by atoms with E-state index in [9.17, 15) is 16.8 Å². The van der Waals surface area contributed by atoms with Crippen LogP contribution in [-0.2, 0) is 20.0 Å². The second-order valence-corrected chi connectivity index (χ2v) is 11.1. The van der Waals surface area contributed by atoms with Gasteiger partial charge in [-0.3, -0.25) is 0 Å². The summed E-state index contributed by atoms with van der Waals surface area (Å²) < 4.78 is 53.5. The Morgan fingerprint density at radius 2 is 1.97 bits per heavy atom. The number of aromatic nitrogens is 2. The van der Waals surface area contributed by atoms with Crippen LogP contribution in [0.1, 0.15) is 6.92 Å². The summed E-state index contributed by atoms with van der Waals surface area (Å²) in [5, 5.41) is 0.470. The summed E-state index contributed by atoms with van der Waals surface area (Å²) in [5.41, 5.74) is 5.54. The summed E-state index contributed by atoms with van der Waals surface area (Å²) in [4.78, 5) is 9.94. The molecule has 156 valence electrons. The molecule has 1 atom stereocenters. The Morgan fingerprint density at radius 3 is 2.59 bits per heavy atom. The maximum atomic E-state index is 12.9. The first-order chi connectivity index (χ1) is 13.7. The van der Waals surface area contributed by atoms with Gasteiger partial charge in [0.2, 0.25) is 10.0 Å². The lowest BCUT2D eigenvalue weighted by atomic mass is 10.2. The number of nitrogen functional groups attached to an aromatic ring is 1. The van der Waals surface area contributed by atoms with E-state index >= 15 is 0 Å². The third kappa shape index (κ3) is 4.36. The van der Waals surface area contributed by atoms with E-state index in [-0.39, 0.29) is 28.0 Å². The summed E-state index contributed by atoms with van der Waals surface area (Å²) in [6.45, 7) is 2.28. The van der Waals surface area contributed by atoms with E-state index in [1.54, 1.807) is 6.92 Å². The zero-order valence-corrected chi connectivity index (χ0v) is 18.2. The quantitative estimate of drug-likeness (QED) is 0.596. The van der Waals surface area contributed by atoms with Crippen LogP contribution < -0.4 is 15.4 Å². The van der Waals surface area contributed by atoms with Crippen LogP contribution in [0.3, 0.4) is 0 Å². The summed E-state index contributed by atoms with van der Waals surface area (Å²) in [5.74, 6) is 6.04. The standard InChI is InChI=1S/C16H20N6O4S3/c1-3-4-12-11-21(29(25,26)13-5-6-14(17)19-9-13)7-8-22(12)16-20-10-15(27-16)28(23,24)18-2/h5-6,9-10,12,18H,7-8,11H2,1-2H3,(H2,17,19)/t12-/m0/s1. The summed E-state index contributed by atoms with van der Waals surface area (Å²) in [7, 11) is -6.03. The molecule has 2 aromatic rings. The van der Waals surface area contributed by atoms with Gasteiger partial charge < -0.3 is 10.6 Å². The van der Waals surface area contributed by atoms with Crippen molar-refractivity contribution in [2.45, 2.75) is 22.1 Å². The molecule has 10 nitrogen and oxygen atoms in total. The molecule has 0 amide bonds. The van der Waals surface area contributed by atoms with Crippen molar-refractivity contribution in [3.05, 3.63) is 24.5 Å². The normalized spacial score (nSPS) is 18.3. The molecule has 0 radical (unpaired) electrons. The number of rotatable bonds is 5. The molecule has 3 N–H and O–H groups in total. The number of piperazine rings is 1. The number of sulfonamides is 2. The van der Waals surface area contributed by atoms with Crippen LogP contribution in [0.25, 0.3) is 0 Å². The van der Waals surface area contributed by atoms with Crippen LogP contribution >= 0.6 is 11.3 Å². The van der Waals surface area contributed by atoms with E-state index in [0.717, 1.165) is 11.3 Å². The highest BCUT2D eigenvalue weighted by Gasteiger charge is 2.35. The van der Waals surface area contributed by atoms with Crippen molar-refractivity contribution >= 4 is 42.3 Å². The Bertz CT molecular complexity index is 1150. The molecule has 0 bridgehead atoms. The first-order valence-electron chi connectivity index (χ1n) is 8.49. The van der Waals surface area contributed by atoms with Gasteiger partial charge in [0.25, 0.3) is 10.0 Å². The SMILES string of the molecule is CC#C[C@H]1CN(S(=O)(=O)c2ccc(N)nc2)CCN1c1ncc(S(=O)(=O)NC)s1. The van der Waals surface area contributed by atoms with Gasteiger partial charge in [-0.1, -0.05) is 17.3 Å². The molecule has 13 heteroatoms.